The molecule has 0 spiro atoms. The Morgan fingerprint density at radius 2 is 1.88 bits per heavy atom. The molecule has 32 heavy (non-hydrogen) atoms. The molecular weight excluding hydrogens is 459 g/mol. The smallest absolute Gasteiger partial charge is 0.387 e. The molecule has 0 atom stereocenters. The molecule has 1 heterocycles. The van der Waals surface area contributed by atoms with E-state index in [-0.39, 0.29) is 30.6 Å². The maximum absolute atomic E-state index is 12.9. The van der Waals surface area contributed by atoms with Crippen LogP contribution in [0.4, 0.5) is 14.6 Å². The van der Waals surface area contributed by atoms with Crippen LogP contribution in [0.1, 0.15) is 11.1 Å². The van der Waals surface area contributed by atoms with Gasteiger partial charge in [-0.3, -0.25) is 4.79 Å². The molecule has 0 unspecified atom stereocenters. The van der Waals surface area contributed by atoms with E-state index in [1.165, 1.54) is 6.07 Å². The number of hydrogen-bond acceptors (Lipinski definition) is 4. The highest BCUT2D eigenvalue weighted by molar-refractivity contribution is 6.30. The molecule has 5 nitrogen and oxygen atoms in total. The number of amides is 1. The summed E-state index contributed by atoms with van der Waals surface area (Å²) in [4.78, 5) is 17.9. The van der Waals surface area contributed by atoms with Gasteiger partial charge in [-0.25, -0.2) is 4.98 Å². The highest BCUT2D eigenvalue weighted by atomic mass is 35.5. The van der Waals surface area contributed by atoms with Crippen molar-refractivity contribution in [1.29, 1.82) is 0 Å². The summed E-state index contributed by atoms with van der Waals surface area (Å²) in [6.07, 6.45) is 2.20. The van der Waals surface area contributed by atoms with Crippen LogP contribution in [-0.4, -0.2) is 43.0 Å². The Bertz CT molecular complexity index is 1050. The summed E-state index contributed by atoms with van der Waals surface area (Å²) >= 11 is 6.07. The molecule has 1 amide bonds. The van der Waals surface area contributed by atoms with Crippen LogP contribution in [-0.2, 0) is 11.2 Å². The van der Waals surface area contributed by atoms with Crippen LogP contribution in [0.25, 0.3) is 11.1 Å². The van der Waals surface area contributed by atoms with Crippen LogP contribution in [0.5, 0.6) is 5.75 Å². The molecule has 0 bridgehead atoms. The Balaban J connectivity index is 0.00000363. The number of rotatable bonds is 8. The number of hydrogen-bond donors (Lipinski definition) is 1. The zero-order chi connectivity index (χ0) is 22.4. The second-order valence-electron chi connectivity index (χ2n) is 7.23. The first-order valence-corrected chi connectivity index (χ1v) is 9.91. The number of nitrogens with zero attached hydrogens (tertiary/aromatic N) is 2. The van der Waals surface area contributed by atoms with Crippen LogP contribution in [0.3, 0.4) is 0 Å². The summed E-state index contributed by atoms with van der Waals surface area (Å²) < 4.78 is 30.4. The molecule has 0 radical (unpaired) electrons. The fraction of sp³-hybridized carbons (Fsp3) is 0.217. The van der Waals surface area contributed by atoms with Crippen LogP contribution in [0, 0.1) is 0 Å². The van der Waals surface area contributed by atoms with Crippen LogP contribution >= 0.6 is 24.0 Å². The largest absolute Gasteiger partial charge is 0.434 e. The predicted octanol–water partition coefficient (Wildman–Crippen LogP) is 5.52. The quantitative estimate of drug-likeness (QED) is 0.460. The van der Waals surface area contributed by atoms with Gasteiger partial charge in [-0.05, 0) is 67.5 Å². The Morgan fingerprint density at radius 1 is 1.12 bits per heavy atom. The van der Waals surface area contributed by atoms with Gasteiger partial charge in [0.1, 0.15) is 11.6 Å². The minimum Gasteiger partial charge on any atom is -0.434 e. The molecular formula is C23H23Cl2F2N3O2. The molecule has 0 aliphatic carbocycles. The number of anilines is 1. The Hall–Kier alpha value is -2.74. The van der Waals surface area contributed by atoms with Gasteiger partial charge >= 0.3 is 6.61 Å². The molecule has 0 aliphatic rings. The number of pyridine rings is 1. The van der Waals surface area contributed by atoms with E-state index in [0.717, 1.165) is 11.1 Å². The molecule has 0 saturated carbocycles. The topological polar surface area (TPSA) is 54.5 Å². The van der Waals surface area contributed by atoms with Crippen molar-refractivity contribution in [1.82, 2.24) is 9.88 Å². The third-order valence-electron chi connectivity index (χ3n) is 4.36. The van der Waals surface area contributed by atoms with Gasteiger partial charge in [-0.1, -0.05) is 35.9 Å². The van der Waals surface area contributed by atoms with E-state index in [1.807, 2.05) is 20.2 Å². The van der Waals surface area contributed by atoms with E-state index in [1.54, 1.807) is 53.6 Å². The number of carbonyl (C=O) groups excluding carboxylic acids is 1. The van der Waals surface area contributed by atoms with Crippen molar-refractivity contribution >= 4 is 35.7 Å². The summed E-state index contributed by atoms with van der Waals surface area (Å²) in [5, 5.41) is 3.24. The van der Waals surface area contributed by atoms with Crippen molar-refractivity contribution in [3.05, 3.63) is 76.9 Å². The second kappa shape index (κ2) is 11.8. The number of alkyl halides is 2. The molecule has 3 aromatic rings. The minimum absolute atomic E-state index is 0. The first kappa shape index (κ1) is 25.5. The van der Waals surface area contributed by atoms with Crippen molar-refractivity contribution in [2.75, 3.05) is 26.0 Å². The lowest BCUT2D eigenvalue weighted by Crippen LogP contribution is -2.27. The lowest BCUT2D eigenvalue weighted by Gasteiger charge is -2.13. The number of aromatic nitrogens is 1. The zero-order valence-electron chi connectivity index (χ0n) is 17.5. The van der Waals surface area contributed by atoms with E-state index in [2.05, 4.69) is 10.3 Å². The first-order chi connectivity index (χ1) is 14.8. The van der Waals surface area contributed by atoms with Gasteiger partial charge in [-0.2, -0.15) is 8.78 Å². The molecule has 1 aromatic heterocycles. The van der Waals surface area contributed by atoms with Crippen molar-refractivity contribution < 1.29 is 18.3 Å². The molecule has 9 heteroatoms. The molecule has 2 aromatic carbocycles. The van der Waals surface area contributed by atoms with Gasteiger partial charge in [0.2, 0.25) is 5.91 Å². The normalized spacial score (nSPS) is 10.7. The summed E-state index contributed by atoms with van der Waals surface area (Å²) in [6, 6.07) is 15.6. The van der Waals surface area contributed by atoms with Crippen molar-refractivity contribution in [2.45, 2.75) is 13.0 Å². The fourth-order valence-electron chi connectivity index (χ4n) is 3.08. The highest BCUT2D eigenvalue weighted by Crippen LogP contribution is 2.34. The van der Waals surface area contributed by atoms with Crippen molar-refractivity contribution in [3.63, 3.8) is 0 Å². The van der Waals surface area contributed by atoms with E-state index in [4.69, 9.17) is 16.3 Å². The minimum atomic E-state index is -2.93. The number of nitrogens with one attached hydrogen (secondary N) is 1. The highest BCUT2D eigenvalue weighted by Gasteiger charge is 2.13. The molecule has 0 aliphatic heterocycles. The fourth-order valence-corrected chi connectivity index (χ4v) is 3.27. The van der Waals surface area contributed by atoms with Crippen LogP contribution in [0.2, 0.25) is 5.02 Å². The lowest BCUT2D eigenvalue weighted by molar-refractivity contribution is -0.116. The second-order valence-corrected chi connectivity index (χ2v) is 7.67. The summed E-state index contributed by atoms with van der Waals surface area (Å²) in [7, 11) is 3.62. The van der Waals surface area contributed by atoms with E-state index in [0.29, 0.717) is 28.4 Å². The van der Waals surface area contributed by atoms with Gasteiger partial charge in [0.25, 0.3) is 0 Å². The molecule has 3 rings (SSSR count). The third-order valence-corrected chi connectivity index (χ3v) is 4.59. The maximum Gasteiger partial charge on any atom is 0.387 e. The maximum atomic E-state index is 12.9. The van der Waals surface area contributed by atoms with Crippen molar-refractivity contribution in [2.24, 2.45) is 0 Å². The van der Waals surface area contributed by atoms with Gasteiger partial charge < -0.3 is 15.0 Å². The Labute approximate surface area is 196 Å². The van der Waals surface area contributed by atoms with Crippen LogP contribution < -0.4 is 10.1 Å². The van der Waals surface area contributed by atoms with E-state index < -0.39 is 6.61 Å². The van der Waals surface area contributed by atoms with Gasteiger partial charge in [0.15, 0.2) is 0 Å². The predicted molar refractivity (Wildman–Crippen MR) is 125 cm³/mol. The monoisotopic (exact) mass is 481 g/mol. The molecule has 1 N–H and O–H groups in total. The van der Waals surface area contributed by atoms with Gasteiger partial charge in [0, 0.05) is 16.8 Å². The number of ether oxygens (including phenoxy) is 1. The summed E-state index contributed by atoms with van der Waals surface area (Å²) in [6.45, 7) is -2.66. The molecule has 170 valence electrons. The van der Waals surface area contributed by atoms with Crippen molar-refractivity contribution in [3.8, 4) is 16.9 Å². The summed E-state index contributed by atoms with van der Waals surface area (Å²) in [5.74, 6) is 0.403. The Morgan fingerprint density at radius 3 is 2.50 bits per heavy atom. The average Bonchev–Trinajstić information content (AvgIpc) is 2.69. The van der Waals surface area contributed by atoms with Gasteiger partial charge in [-0.15, -0.1) is 12.4 Å². The van der Waals surface area contributed by atoms with Gasteiger partial charge in [0.05, 0.1) is 6.54 Å². The average molecular weight is 482 g/mol. The lowest BCUT2D eigenvalue weighted by atomic mass is 9.99. The number of halogens is 4. The number of carbonyl (C=O) groups is 1. The SMILES string of the molecule is CN(C)CC(=O)Nc1ccc(Cc2ccc(OC(F)F)c(-c3cccc(Cl)c3)c2)cn1.Cl. The van der Waals surface area contributed by atoms with E-state index >= 15 is 0 Å². The molecule has 0 fully saturated rings. The standard InChI is InChI=1S/C23H22ClF2N3O2.ClH/c1-29(2)14-22(30)28-21-9-7-16(13-27-21)10-15-6-8-20(31-23(25)26)19(11-15)17-4-3-5-18(24)12-17;/h3-9,11-13,23H,10,14H2,1-2H3,(H,27,28,30);1H. The first-order valence-electron chi connectivity index (χ1n) is 9.53. The van der Waals surface area contributed by atoms with E-state index in [9.17, 15) is 13.6 Å². The number of likely N-dealkylation sites (N-methyl/N-ethyl adjacent to an activating group) is 1. The summed E-state index contributed by atoms with van der Waals surface area (Å²) in [5.41, 5.74) is 3.01. The number of benzene rings is 2. The third kappa shape index (κ3) is 7.44. The van der Waals surface area contributed by atoms with Crippen LogP contribution in [0.15, 0.2) is 60.8 Å². The Kier molecular flexibility index (Phi) is 9.38. The molecule has 0 saturated heterocycles. The zero-order valence-corrected chi connectivity index (χ0v) is 19.1.